The molecule has 7 heteroatoms. The van der Waals surface area contributed by atoms with E-state index in [1.807, 2.05) is 0 Å². The summed E-state index contributed by atoms with van der Waals surface area (Å²) in [6.45, 7) is 0.520. The van der Waals surface area contributed by atoms with Crippen molar-refractivity contribution >= 4 is 29.0 Å². The molecule has 19 heavy (non-hydrogen) atoms. The minimum Gasteiger partial charge on any atom is -0.384 e. The molecule has 0 aliphatic rings. The first-order valence-electron chi connectivity index (χ1n) is 5.58. The SMILES string of the molecule is Cn1ncc(CNc2ccc(C(N)=O)c(Cl)c2)c1N. The number of nitrogens with one attached hydrogen (secondary N) is 1. The summed E-state index contributed by atoms with van der Waals surface area (Å²) >= 11 is 5.96. The zero-order valence-corrected chi connectivity index (χ0v) is 11.1. The van der Waals surface area contributed by atoms with Crippen LogP contribution in [0.2, 0.25) is 5.02 Å². The quantitative estimate of drug-likeness (QED) is 0.787. The number of rotatable bonds is 4. The molecule has 0 aliphatic carbocycles. The van der Waals surface area contributed by atoms with Crippen molar-refractivity contribution in [1.29, 1.82) is 0 Å². The summed E-state index contributed by atoms with van der Waals surface area (Å²) in [4.78, 5) is 11.0. The summed E-state index contributed by atoms with van der Waals surface area (Å²) in [6.07, 6.45) is 1.70. The largest absolute Gasteiger partial charge is 0.384 e. The second-order valence-corrected chi connectivity index (χ2v) is 4.50. The molecule has 0 atom stereocenters. The molecule has 100 valence electrons. The number of halogens is 1. The minimum atomic E-state index is -0.548. The number of hydrogen-bond donors (Lipinski definition) is 3. The molecular formula is C12H14ClN5O. The number of aryl methyl sites for hydroxylation is 1. The van der Waals surface area contributed by atoms with E-state index in [0.717, 1.165) is 11.3 Å². The number of primary amides is 1. The number of carbonyl (C=O) groups excluding carboxylic acids is 1. The predicted molar refractivity (Wildman–Crippen MR) is 74.9 cm³/mol. The average Bonchev–Trinajstić information content (AvgIpc) is 2.67. The fourth-order valence-electron chi connectivity index (χ4n) is 1.65. The van der Waals surface area contributed by atoms with Gasteiger partial charge in [0.05, 0.1) is 16.8 Å². The van der Waals surface area contributed by atoms with Crippen molar-refractivity contribution in [2.75, 3.05) is 11.1 Å². The summed E-state index contributed by atoms with van der Waals surface area (Å²) in [5, 5.41) is 7.52. The van der Waals surface area contributed by atoms with Crippen molar-refractivity contribution in [3.8, 4) is 0 Å². The van der Waals surface area contributed by atoms with Crippen LogP contribution in [-0.4, -0.2) is 15.7 Å². The highest BCUT2D eigenvalue weighted by Gasteiger charge is 2.08. The summed E-state index contributed by atoms with van der Waals surface area (Å²) in [7, 11) is 1.78. The summed E-state index contributed by atoms with van der Waals surface area (Å²) in [5.41, 5.74) is 13.0. The zero-order chi connectivity index (χ0) is 14.0. The maximum atomic E-state index is 11.0. The molecule has 0 radical (unpaired) electrons. The third-order valence-electron chi connectivity index (χ3n) is 2.78. The molecule has 0 bridgehead atoms. The van der Waals surface area contributed by atoms with E-state index in [9.17, 15) is 4.79 Å². The Morgan fingerprint density at radius 1 is 1.53 bits per heavy atom. The van der Waals surface area contributed by atoms with Gasteiger partial charge in [0.2, 0.25) is 5.91 Å². The number of amides is 1. The first-order valence-corrected chi connectivity index (χ1v) is 5.96. The first kappa shape index (κ1) is 13.2. The molecule has 5 N–H and O–H groups in total. The van der Waals surface area contributed by atoms with Gasteiger partial charge in [-0.3, -0.25) is 9.48 Å². The highest BCUT2D eigenvalue weighted by atomic mass is 35.5. The molecule has 6 nitrogen and oxygen atoms in total. The Balaban J connectivity index is 2.10. The van der Waals surface area contributed by atoms with Crippen LogP contribution in [0.15, 0.2) is 24.4 Å². The minimum absolute atomic E-state index is 0.299. The lowest BCUT2D eigenvalue weighted by Gasteiger charge is -2.08. The van der Waals surface area contributed by atoms with Gasteiger partial charge in [0.1, 0.15) is 5.82 Å². The molecular weight excluding hydrogens is 266 g/mol. The number of nitrogens with zero attached hydrogens (tertiary/aromatic N) is 2. The lowest BCUT2D eigenvalue weighted by Crippen LogP contribution is -2.11. The van der Waals surface area contributed by atoms with Crippen molar-refractivity contribution in [3.63, 3.8) is 0 Å². The van der Waals surface area contributed by atoms with Crippen molar-refractivity contribution < 1.29 is 4.79 Å². The van der Waals surface area contributed by atoms with E-state index in [1.165, 1.54) is 0 Å². The third kappa shape index (κ3) is 2.79. The van der Waals surface area contributed by atoms with Crippen LogP contribution < -0.4 is 16.8 Å². The molecule has 2 aromatic rings. The summed E-state index contributed by atoms with van der Waals surface area (Å²) < 4.78 is 1.60. The van der Waals surface area contributed by atoms with Gasteiger partial charge < -0.3 is 16.8 Å². The molecule has 1 aromatic heterocycles. The Hall–Kier alpha value is -2.21. The van der Waals surface area contributed by atoms with Gasteiger partial charge in [-0.15, -0.1) is 0 Å². The smallest absolute Gasteiger partial charge is 0.250 e. The van der Waals surface area contributed by atoms with Gasteiger partial charge in [-0.05, 0) is 18.2 Å². The van der Waals surface area contributed by atoms with Gasteiger partial charge in [-0.25, -0.2) is 0 Å². The predicted octanol–water partition coefficient (Wildman–Crippen LogP) is 1.37. The molecule has 0 saturated carbocycles. The zero-order valence-electron chi connectivity index (χ0n) is 10.4. The Kier molecular flexibility index (Phi) is 3.62. The van der Waals surface area contributed by atoms with Crippen LogP contribution in [-0.2, 0) is 13.6 Å². The Morgan fingerprint density at radius 2 is 2.26 bits per heavy atom. The molecule has 1 heterocycles. The van der Waals surface area contributed by atoms with Crippen LogP contribution in [0.4, 0.5) is 11.5 Å². The summed E-state index contributed by atoms with van der Waals surface area (Å²) in [6, 6.07) is 4.96. The Morgan fingerprint density at radius 3 is 2.79 bits per heavy atom. The number of aromatic nitrogens is 2. The van der Waals surface area contributed by atoms with Crippen LogP contribution in [0.5, 0.6) is 0 Å². The third-order valence-corrected chi connectivity index (χ3v) is 3.09. The number of carbonyl (C=O) groups is 1. The van der Waals surface area contributed by atoms with E-state index in [2.05, 4.69) is 10.4 Å². The number of nitrogens with two attached hydrogens (primary N) is 2. The van der Waals surface area contributed by atoms with Gasteiger partial charge in [-0.2, -0.15) is 5.10 Å². The second-order valence-electron chi connectivity index (χ2n) is 4.09. The van der Waals surface area contributed by atoms with Crippen molar-refractivity contribution in [2.45, 2.75) is 6.54 Å². The van der Waals surface area contributed by atoms with Gasteiger partial charge in [0.25, 0.3) is 0 Å². The lowest BCUT2D eigenvalue weighted by molar-refractivity contribution is 0.100. The number of hydrogen-bond acceptors (Lipinski definition) is 4. The topological polar surface area (TPSA) is 99.0 Å². The van der Waals surface area contributed by atoms with Crippen molar-refractivity contribution in [2.24, 2.45) is 12.8 Å². The van der Waals surface area contributed by atoms with Crippen molar-refractivity contribution in [3.05, 3.63) is 40.5 Å². The van der Waals surface area contributed by atoms with Crippen LogP contribution in [0.25, 0.3) is 0 Å². The molecule has 1 amide bonds. The average molecular weight is 280 g/mol. The van der Waals surface area contributed by atoms with E-state index < -0.39 is 5.91 Å². The van der Waals surface area contributed by atoms with Crippen LogP contribution in [0.1, 0.15) is 15.9 Å². The Bertz CT molecular complexity index is 623. The first-order chi connectivity index (χ1) is 8.99. The molecule has 0 fully saturated rings. The van der Waals surface area contributed by atoms with Crippen LogP contribution in [0.3, 0.4) is 0 Å². The lowest BCUT2D eigenvalue weighted by atomic mass is 10.2. The highest BCUT2D eigenvalue weighted by Crippen LogP contribution is 2.21. The van der Waals surface area contributed by atoms with Crippen LogP contribution >= 0.6 is 11.6 Å². The normalized spacial score (nSPS) is 10.4. The fraction of sp³-hybridized carbons (Fsp3) is 0.167. The number of anilines is 2. The van der Waals surface area contributed by atoms with Gasteiger partial charge >= 0.3 is 0 Å². The monoisotopic (exact) mass is 279 g/mol. The van der Waals surface area contributed by atoms with E-state index in [1.54, 1.807) is 36.1 Å². The van der Waals surface area contributed by atoms with E-state index in [0.29, 0.717) is 22.9 Å². The van der Waals surface area contributed by atoms with Gasteiger partial charge in [0.15, 0.2) is 0 Å². The fourth-order valence-corrected chi connectivity index (χ4v) is 1.92. The van der Waals surface area contributed by atoms with E-state index >= 15 is 0 Å². The summed E-state index contributed by atoms with van der Waals surface area (Å²) in [5.74, 6) is 0.0559. The highest BCUT2D eigenvalue weighted by molar-refractivity contribution is 6.34. The van der Waals surface area contributed by atoms with Gasteiger partial charge in [-0.1, -0.05) is 11.6 Å². The number of benzene rings is 1. The molecule has 1 aromatic carbocycles. The molecule has 0 aliphatic heterocycles. The molecule has 0 spiro atoms. The van der Waals surface area contributed by atoms with E-state index in [4.69, 9.17) is 23.1 Å². The number of nitrogen functional groups attached to an aromatic ring is 1. The van der Waals surface area contributed by atoms with E-state index in [-0.39, 0.29) is 0 Å². The Labute approximate surface area is 115 Å². The molecule has 0 saturated heterocycles. The van der Waals surface area contributed by atoms with Crippen molar-refractivity contribution in [1.82, 2.24) is 9.78 Å². The molecule has 0 unspecified atom stereocenters. The van der Waals surface area contributed by atoms with Gasteiger partial charge in [0, 0.05) is 24.8 Å². The second kappa shape index (κ2) is 5.19. The standard InChI is InChI=1S/C12H14ClN5O/c1-18-11(14)7(6-17-18)5-16-8-2-3-9(12(15)19)10(13)4-8/h2-4,6,16H,5,14H2,1H3,(H2,15,19). The molecule has 2 rings (SSSR count). The maximum absolute atomic E-state index is 11.0. The maximum Gasteiger partial charge on any atom is 0.250 e. The van der Waals surface area contributed by atoms with Crippen LogP contribution in [0, 0.1) is 0 Å².